The lowest BCUT2D eigenvalue weighted by molar-refractivity contribution is -0.181. The Morgan fingerprint density at radius 2 is 1.73 bits per heavy atom. The number of nitrogens with zero attached hydrogens (tertiary/aromatic N) is 4. The van der Waals surface area contributed by atoms with Crippen molar-refractivity contribution in [1.82, 2.24) is 24.6 Å². The molecule has 0 amide bonds. The Labute approximate surface area is 295 Å². The largest absolute Gasteiger partial charge is 0.460 e. The summed E-state index contributed by atoms with van der Waals surface area (Å²) in [7, 11) is -2.60. The maximum atomic E-state index is 14.8. The lowest BCUT2D eigenvalue weighted by atomic mass is 10.0. The highest BCUT2D eigenvalue weighted by molar-refractivity contribution is 7.52. The van der Waals surface area contributed by atoms with Crippen molar-refractivity contribution >= 4 is 37.0 Å². The monoisotopic (exact) mass is 728 g/mol. The zero-order valence-corrected chi connectivity index (χ0v) is 30.6. The molecule has 8 atom stereocenters. The van der Waals surface area contributed by atoms with Crippen molar-refractivity contribution in [2.24, 2.45) is 11.8 Å². The first-order valence-electron chi connectivity index (χ1n) is 17.0. The van der Waals surface area contributed by atoms with E-state index < -0.39 is 73.0 Å². The van der Waals surface area contributed by atoms with Gasteiger partial charge in [0.05, 0.1) is 17.5 Å². The molecule has 1 saturated carbocycles. The summed E-state index contributed by atoms with van der Waals surface area (Å²) in [5, 5.41) is 7.06. The summed E-state index contributed by atoms with van der Waals surface area (Å²) >= 11 is 0. The lowest BCUT2D eigenvalue weighted by Gasteiger charge is -2.31. The van der Waals surface area contributed by atoms with Crippen LogP contribution in [-0.4, -0.2) is 93.1 Å². The Kier molecular flexibility index (Phi) is 9.94. The van der Waals surface area contributed by atoms with Crippen molar-refractivity contribution < 1.29 is 46.9 Å². The second-order valence-electron chi connectivity index (χ2n) is 14.1. The van der Waals surface area contributed by atoms with E-state index in [1.54, 1.807) is 77.1 Å². The summed E-state index contributed by atoms with van der Waals surface area (Å²) in [4.78, 5) is 46.1. The molecule has 2 unspecified atom stereocenters. The molecule has 0 spiro atoms. The number of carbonyl (C=O) groups is 3. The van der Waals surface area contributed by atoms with Gasteiger partial charge in [0.1, 0.15) is 47.5 Å². The number of para-hydroxylation sites is 1. The van der Waals surface area contributed by atoms with Gasteiger partial charge < -0.3 is 34.1 Å². The maximum absolute atomic E-state index is 14.8. The molecule has 2 aliphatic heterocycles. The smallest absolute Gasteiger partial charge is 0.459 e. The number of hydrogen-bond acceptors (Lipinski definition) is 14. The fourth-order valence-corrected chi connectivity index (χ4v) is 8.33. The van der Waals surface area contributed by atoms with Gasteiger partial charge in [0, 0.05) is 13.1 Å². The Balaban J connectivity index is 1.38. The minimum atomic E-state index is -4.53. The predicted octanol–water partition coefficient (Wildman–Crippen LogP) is 3.46. The van der Waals surface area contributed by atoms with Crippen molar-refractivity contribution in [1.29, 1.82) is 0 Å². The van der Waals surface area contributed by atoms with E-state index in [9.17, 15) is 18.9 Å². The number of ether oxygens (including phenoxy) is 4. The van der Waals surface area contributed by atoms with Gasteiger partial charge in [-0.1, -0.05) is 45.9 Å². The molecule has 276 valence electrons. The predicted molar refractivity (Wildman–Crippen MR) is 182 cm³/mol. The first-order chi connectivity index (χ1) is 24.1. The highest BCUT2D eigenvalue weighted by atomic mass is 31.2. The number of nitrogens with one attached hydrogen (secondary N) is 1. The van der Waals surface area contributed by atoms with Crippen LogP contribution in [0.2, 0.25) is 0 Å². The van der Waals surface area contributed by atoms with E-state index in [1.165, 1.54) is 17.8 Å². The van der Waals surface area contributed by atoms with Crippen LogP contribution < -0.4 is 15.3 Å². The lowest BCUT2D eigenvalue weighted by Crippen LogP contribution is -2.45. The summed E-state index contributed by atoms with van der Waals surface area (Å²) in [6, 6.07) is 10.5. The van der Waals surface area contributed by atoms with Crippen LogP contribution in [-0.2, 0) is 42.4 Å². The van der Waals surface area contributed by atoms with Gasteiger partial charge in [-0.3, -0.25) is 18.9 Å². The van der Waals surface area contributed by atoms with E-state index in [2.05, 4.69) is 15.2 Å². The number of likely N-dealkylation sites (N-methyl/N-ethyl adjacent to an activating group) is 1. The van der Waals surface area contributed by atoms with E-state index in [0.29, 0.717) is 24.2 Å². The molecule has 0 bridgehead atoms. The Bertz CT molecular complexity index is 1840. The molecule has 1 aromatic carbocycles. The first-order valence-corrected chi connectivity index (χ1v) is 18.5. The number of fused-ring (bicyclic) bond motifs is 2. The molecule has 2 saturated heterocycles. The van der Waals surface area contributed by atoms with E-state index in [1.807, 2.05) is 11.9 Å². The van der Waals surface area contributed by atoms with Gasteiger partial charge in [-0.25, -0.2) is 14.1 Å². The molecule has 16 nitrogen and oxygen atoms in total. The van der Waals surface area contributed by atoms with E-state index >= 15 is 0 Å². The zero-order chi connectivity index (χ0) is 36.9. The second-order valence-corrected chi connectivity index (χ2v) is 15.7. The third-order valence-corrected chi connectivity index (χ3v) is 11.1. The first kappa shape index (κ1) is 36.7. The molecule has 3 aromatic rings. The van der Waals surface area contributed by atoms with Gasteiger partial charge in [-0.15, -0.1) is 0 Å². The SMILES string of the molecule is CC(C)C(=O)O[C@H]1[C@H](c2ccc3c(N)ncnn23)O[C@]2(C)C(OP(=O)(N[C@@H](C)C(=O)O[C@@H]3CCN(C)C3)Oc3ccccc3)[C@]12OC(=O)C(C)C. The van der Waals surface area contributed by atoms with E-state index in [4.69, 9.17) is 33.7 Å². The number of benzene rings is 1. The van der Waals surface area contributed by atoms with Crippen molar-refractivity contribution in [2.45, 2.75) is 89.6 Å². The van der Waals surface area contributed by atoms with E-state index in [0.717, 1.165) is 6.54 Å². The van der Waals surface area contributed by atoms with Gasteiger partial charge in [0.2, 0.25) is 5.60 Å². The molecule has 17 heteroatoms. The van der Waals surface area contributed by atoms with Crippen molar-refractivity contribution in [3.63, 3.8) is 0 Å². The number of aromatic nitrogens is 3. The molecule has 51 heavy (non-hydrogen) atoms. The summed E-state index contributed by atoms with van der Waals surface area (Å²) in [6.45, 7) is 11.1. The van der Waals surface area contributed by atoms with Crippen LogP contribution in [0.15, 0.2) is 48.8 Å². The van der Waals surface area contributed by atoms with Crippen LogP contribution in [0.1, 0.15) is 59.8 Å². The molecule has 3 fully saturated rings. The summed E-state index contributed by atoms with van der Waals surface area (Å²) < 4.78 is 53.3. The number of anilines is 1. The summed E-state index contributed by atoms with van der Waals surface area (Å²) in [6.07, 6.45) is -2.05. The zero-order valence-electron chi connectivity index (χ0n) is 29.7. The Hall–Kier alpha value is -4.08. The molecule has 0 radical (unpaired) electrons. The highest BCUT2D eigenvalue weighted by Gasteiger charge is 2.91. The molecule has 1 aliphatic carbocycles. The summed E-state index contributed by atoms with van der Waals surface area (Å²) in [5.74, 6) is -2.69. The number of hydrogen-bond donors (Lipinski definition) is 2. The fourth-order valence-electron chi connectivity index (χ4n) is 6.56. The molecule has 6 rings (SSSR count). The van der Waals surface area contributed by atoms with E-state index in [-0.39, 0.29) is 17.7 Å². The standard InChI is InChI=1S/C34H45N6O10P/c1-19(2)29(41)46-27-26(24-13-14-25-28(35)36-18-37-40(24)25)47-33(6)32(34(27,33)48-30(42)20(3)4)50-51(44,49-22-11-9-8-10-12-22)38-21(5)31(43)45-23-15-16-39(7)17-23/h8-14,18-21,23,26-27,32H,15-17H2,1-7H3,(H,38,44)(H2,35,36,37)/t21-,23+,26-,27-,32?,33+,34+,51?/m0/s1. The van der Waals surface area contributed by atoms with Crippen LogP contribution in [0.5, 0.6) is 5.75 Å². The quantitative estimate of drug-likeness (QED) is 0.147. The maximum Gasteiger partial charge on any atom is 0.459 e. The normalized spacial score (nSPS) is 29.0. The topological polar surface area (TPSA) is 195 Å². The number of carbonyl (C=O) groups excluding carboxylic acids is 3. The Morgan fingerprint density at radius 3 is 2.37 bits per heavy atom. The minimum Gasteiger partial charge on any atom is -0.460 e. The third-order valence-electron chi connectivity index (χ3n) is 9.46. The average molecular weight is 729 g/mol. The molecular formula is C34H45N6O10P. The van der Waals surface area contributed by atoms with Crippen LogP contribution in [0.4, 0.5) is 5.82 Å². The fraction of sp³-hybridized carbons (Fsp3) is 0.559. The molecular weight excluding hydrogens is 683 g/mol. The number of esters is 3. The minimum absolute atomic E-state index is 0.175. The highest BCUT2D eigenvalue weighted by Crippen LogP contribution is 2.71. The molecule has 4 heterocycles. The number of nitrogens with two attached hydrogens (primary N) is 1. The van der Waals surface area contributed by atoms with Gasteiger partial charge in [-0.05, 0) is 51.6 Å². The van der Waals surface area contributed by atoms with Crippen molar-refractivity contribution in [2.75, 3.05) is 25.9 Å². The second kappa shape index (κ2) is 13.8. The van der Waals surface area contributed by atoms with Crippen LogP contribution in [0, 0.1) is 11.8 Å². The molecule has 2 aromatic heterocycles. The van der Waals surface area contributed by atoms with Gasteiger partial charge in [-0.2, -0.15) is 10.2 Å². The molecule has 3 aliphatic rings. The average Bonchev–Trinajstić information content (AvgIpc) is 3.53. The van der Waals surface area contributed by atoms with Gasteiger partial charge in [0.15, 0.2) is 11.9 Å². The van der Waals surface area contributed by atoms with Crippen LogP contribution in [0.25, 0.3) is 5.52 Å². The van der Waals surface area contributed by atoms with Crippen molar-refractivity contribution in [3.8, 4) is 5.75 Å². The van der Waals surface area contributed by atoms with Crippen LogP contribution >= 0.6 is 7.75 Å². The summed E-state index contributed by atoms with van der Waals surface area (Å²) in [5.41, 5.74) is 3.66. The number of likely N-dealkylation sites (tertiary alicyclic amines) is 1. The molecule has 3 N–H and O–H groups in total. The number of nitrogen functional groups attached to an aromatic ring is 1. The third kappa shape index (κ3) is 6.83. The van der Waals surface area contributed by atoms with Crippen molar-refractivity contribution in [3.05, 3.63) is 54.5 Å². The van der Waals surface area contributed by atoms with Gasteiger partial charge in [0.25, 0.3) is 0 Å². The van der Waals surface area contributed by atoms with Gasteiger partial charge >= 0.3 is 25.7 Å². The van der Waals surface area contributed by atoms with Crippen LogP contribution in [0.3, 0.4) is 0 Å². The number of rotatable bonds is 13. The Morgan fingerprint density at radius 1 is 1.02 bits per heavy atom.